The molecule has 0 aliphatic heterocycles. The van der Waals surface area contributed by atoms with Crippen LogP contribution in [0.15, 0.2) is 47.9 Å². The number of aliphatic hydroxyl groups excluding tert-OH is 2. The topological polar surface area (TPSA) is 117 Å². The zero-order chi connectivity index (χ0) is 16.1. The summed E-state index contributed by atoms with van der Waals surface area (Å²) in [6.45, 7) is 1.72. The Hall–Kier alpha value is -2.58. The van der Waals surface area contributed by atoms with Crippen molar-refractivity contribution in [1.82, 2.24) is 15.1 Å². The van der Waals surface area contributed by atoms with Crippen LogP contribution in [0.5, 0.6) is 0 Å². The molecule has 1 aromatic heterocycles. The molecule has 0 unspecified atom stereocenters. The van der Waals surface area contributed by atoms with Crippen LogP contribution in [0.2, 0.25) is 0 Å². The number of hydrogen-bond acceptors (Lipinski definition) is 6. The van der Waals surface area contributed by atoms with Crippen molar-refractivity contribution in [2.75, 3.05) is 0 Å². The van der Waals surface area contributed by atoms with Gasteiger partial charge in [0.2, 0.25) is 6.23 Å². The van der Waals surface area contributed by atoms with E-state index in [-0.39, 0.29) is 0 Å². The Labute approximate surface area is 126 Å². The molecule has 1 amide bonds. The molecule has 2 rings (SSSR count). The minimum atomic E-state index is -1.98. The van der Waals surface area contributed by atoms with Gasteiger partial charge in [0, 0.05) is 12.4 Å². The summed E-state index contributed by atoms with van der Waals surface area (Å²) in [4.78, 5) is 21.8. The number of carbonyl (C=O) groups excluding carboxylic acids is 1. The highest BCUT2D eigenvalue weighted by atomic mass is 16.4. The average molecular weight is 304 g/mol. The lowest BCUT2D eigenvalue weighted by atomic mass is 10.1. The number of nitrogens with one attached hydrogen (secondary N) is 1. The third kappa shape index (κ3) is 3.54. The molecule has 0 aliphatic carbocycles. The summed E-state index contributed by atoms with van der Waals surface area (Å²) in [6, 6.07) is 8.69. The van der Waals surface area contributed by atoms with Crippen LogP contribution in [0.3, 0.4) is 0 Å². The fourth-order valence-electron chi connectivity index (χ4n) is 1.91. The highest BCUT2D eigenvalue weighted by molar-refractivity contribution is 5.81. The molecule has 0 spiro atoms. The summed E-state index contributed by atoms with van der Waals surface area (Å²) >= 11 is 0. The molecule has 0 fully saturated rings. The lowest BCUT2D eigenvalue weighted by Crippen LogP contribution is -2.42. The Morgan fingerprint density at radius 2 is 2.00 bits per heavy atom. The molecule has 116 valence electrons. The molecule has 0 aliphatic rings. The summed E-state index contributed by atoms with van der Waals surface area (Å²) in [7, 11) is 0. The van der Waals surface area contributed by atoms with Crippen molar-refractivity contribution in [3.05, 3.63) is 53.2 Å². The van der Waals surface area contributed by atoms with E-state index in [2.05, 4.69) is 15.6 Å². The van der Waals surface area contributed by atoms with Gasteiger partial charge in [0.1, 0.15) is 0 Å². The second-order valence-electron chi connectivity index (χ2n) is 4.74. The van der Waals surface area contributed by atoms with Crippen molar-refractivity contribution >= 4 is 5.91 Å². The number of hydrogen-bond donors (Lipinski definition) is 3. The molecule has 3 N–H and O–H groups in total. The largest absolute Gasteiger partial charge is 0.379 e. The zero-order valence-electron chi connectivity index (χ0n) is 11.8. The van der Waals surface area contributed by atoms with E-state index in [4.69, 9.17) is 5.11 Å². The number of rotatable bonds is 6. The van der Waals surface area contributed by atoms with Crippen LogP contribution in [0.1, 0.15) is 18.5 Å². The first kappa shape index (κ1) is 15.8. The number of nitroso groups, excluding NO2 is 1. The van der Waals surface area contributed by atoms with Gasteiger partial charge in [0.15, 0.2) is 6.10 Å². The normalized spacial score (nSPS) is 14.9. The highest BCUT2D eigenvalue weighted by Gasteiger charge is 2.26. The van der Waals surface area contributed by atoms with Gasteiger partial charge in [0.05, 0.1) is 11.7 Å². The van der Waals surface area contributed by atoms with Crippen molar-refractivity contribution in [3.8, 4) is 5.69 Å². The molecule has 0 radical (unpaired) electrons. The Kier molecular flexibility index (Phi) is 4.97. The molecule has 8 heteroatoms. The molecular weight excluding hydrogens is 288 g/mol. The van der Waals surface area contributed by atoms with Gasteiger partial charge in [0.25, 0.3) is 5.91 Å². The van der Waals surface area contributed by atoms with Gasteiger partial charge in [-0.05, 0) is 35.9 Å². The lowest BCUT2D eigenvalue weighted by molar-refractivity contribution is -0.135. The van der Waals surface area contributed by atoms with Crippen LogP contribution in [0.4, 0.5) is 0 Å². The van der Waals surface area contributed by atoms with E-state index in [1.165, 1.54) is 0 Å². The van der Waals surface area contributed by atoms with Gasteiger partial charge in [-0.2, -0.15) is 5.10 Å². The third-order valence-electron chi connectivity index (χ3n) is 3.18. The maximum atomic E-state index is 11.6. The lowest BCUT2D eigenvalue weighted by Gasteiger charge is -2.18. The molecule has 0 saturated carbocycles. The monoisotopic (exact) mass is 304 g/mol. The van der Waals surface area contributed by atoms with Gasteiger partial charge in [-0.1, -0.05) is 12.1 Å². The molecule has 1 aromatic carbocycles. The maximum absolute atomic E-state index is 11.6. The van der Waals surface area contributed by atoms with Gasteiger partial charge in [-0.25, -0.2) is 4.68 Å². The average Bonchev–Trinajstić information content (AvgIpc) is 3.07. The molecule has 3 atom stereocenters. The molecule has 0 bridgehead atoms. The predicted molar refractivity (Wildman–Crippen MR) is 77.9 cm³/mol. The SMILES string of the molecule is C[C@@H](NC(=O)[C@H](O)[C@@H](O)N=O)c1ccc(-n2cccn2)cc1. The zero-order valence-corrected chi connectivity index (χ0v) is 11.8. The van der Waals surface area contributed by atoms with Gasteiger partial charge in [-0.3, -0.25) is 4.79 Å². The van der Waals surface area contributed by atoms with Crippen LogP contribution < -0.4 is 5.32 Å². The summed E-state index contributed by atoms with van der Waals surface area (Å²) < 4.78 is 1.70. The van der Waals surface area contributed by atoms with E-state index >= 15 is 0 Å². The number of aromatic nitrogens is 2. The Morgan fingerprint density at radius 3 is 2.55 bits per heavy atom. The Morgan fingerprint density at radius 1 is 1.32 bits per heavy atom. The van der Waals surface area contributed by atoms with E-state index in [1.54, 1.807) is 17.8 Å². The van der Waals surface area contributed by atoms with Crippen LogP contribution in [0.25, 0.3) is 5.69 Å². The van der Waals surface area contributed by atoms with Crippen molar-refractivity contribution < 1.29 is 15.0 Å². The number of carbonyl (C=O) groups is 1. The second-order valence-corrected chi connectivity index (χ2v) is 4.74. The smallest absolute Gasteiger partial charge is 0.254 e. The van der Waals surface area contributed by atoms with Crippen LogP contribution in [-0.2, 0) is 4.79 Å². The van der Waals surface area contributed by atoms with Crippen LogP contribution >= 0.6 is 0 Å². The summed E-state index contributed by atoms with van der Waals surface area (Å²) in [5.74, 6) is -0.865. The van der Waals surface area contributed by atoms with Gasteiger partial charge < -0.3 is 15.5 Å². The van der Waals surface area contributed by atoms with Gasteiger partial charge >= 0.3 is 0 Å². The fourth-order valence-corrected chi connectivity index (χ4v) is 1.91. The summed E-state index contributed by atoms with van der Waals surface area (Å²) in [6.07, 6.45) is -0.382. The second kappa shape index (κ2) is 6.92. The first-order valence-electron chi connectivity index (χ1n) is 6.62. The number of nitrogens with zero attached hydrogens (tertiary/aromatic N) is 3. The summed E-state index contributed by atoms with van der Waals surface area (Å²) in [5.41, 5.74) is 1.66. The molecular formula is C14H16N4O4. The first-order valence-corrected chi connectivity index (χ1v) is 6.62. The highest BCUT2D eigenvalue weighted by Crippen LogP contribution is 2.15. The van der Waals surface area contributed by atoms with Crippen molar-refractivity contribution in [2.45, 2.75) is 25.3 Å². The maximum Gasteiger partial charge on any atom is 0.254 e. The Balaban J connectivity index is 2.02. The number of aliphatic hydroxyl groups is 2. The van der Waals surface area contributed by atoms with E-state index in [9.17, 15) is 14.8 Å². The minimum Gasteiger partial charge on any atom is -0.379 e. The Bertz CT molecular complexity index is 627. The van der Waals surface area contributed by atoms with E-state index in [0.717, 1.165) is 11.3 Å². The fraction of sp³-hybridized carbons (Fsp3) is 0.286. The van der Waals surface area contributed by atoms with E-state index < -0.39 is 24.3 Å². The standard InChI is InChI=1S/C14H16N4O4/c1-9(16-13(20)12(19)14(21)17-22)10-3-5-11(6-4-10)18-8-2-7-15-18/h2-9,12,14,19,21H,1H3,(H,16,20)/t9-,12+,14-/m1/s1. The molecule has 8 nitrogen and oxygen atoms in total. The van der Waals surface area contributed by atoms with Crippen molar-refractivity contribution in [2.24, 2.45) is 5.18 Å². The van der Waals surface area contributed by atoms with Crippen molar-refractivity contribution in [3.63, 3.8) is 0 Å². The minimum absolute atomic E-state index is 0.410. The van der Waals surface area contributed by atoms with Gasteiger partial charge in [-0.15, -0.1) is 4.91 Å². The molecule has 0 saturated heterocycles. The van der Waals surface area contributed by atoms with Crippen LogP contribution in [-0.4, -0.2) is 38.2 Å². The van der Waals surface area contributed by atoms with E-state index in [1.807, 2.05) is 36.5 Å². The molecule has 1 heterocycles. The molecule has 2 aromatic rings. The van der Waals surface area contributed by atoms with Crippen LogP contribution in [0, 0.1) is 4.91 Å². The van der Waals surface area contributed by atoms with Crippen molar-refractivity contribution in [1.29, 1.82) is 0 Å². The third-order valence-corrected chi connectivity index (χ3v) is 3.18. The number of benzene rings is 1. The summed E-state index contributed by atoms with van der Waals surface area (Å²) in [5, 5.41) is 27.2. The van der Waals surface area contributed by atoms with E-state index in [0.29, 0.717) is 0 Å². The predicted octanol–water partition coefficient (Wildman–Crippen LogP) is 0.495. The quantitative estimate of drug-likeness (QED) is 0.672. The first-order chi connectivity index (χ1) is 10.5. The molecule has 22 heavy (non-hydrogen) atoms. The number of amides is 1.